The molecule has 0 saturated carbocycles. The average Bonchev–Trinajstić information content (AvgIpc) is 1.89. The highest BCUT2D eigenvalue weighted by Crippen LogP contribution is 1.86. The smallest absolute Gasteiger partial charge is 0.0587 e. The molecule has 0 aliphatic carbocycles. The van der Waals surface area contributed by atoms with Crippen LogP contribution in [0.25, 0.3) is 0 Å². The molecule has 0 saturated heterocycles. The van der Waals surface area contributed by atoms with Crippen molar-refractivity contribution >= 4 is 11.8 Å². The molecule has 0 aromatic rings. The van der Waals surface area contributed by atoms with Gasteiger partial charge in [-0.05, 0) is 6.26 Å². The fraction of sp³-hybridized carbons (Fsp3) is 1.00. The van der Waals surface area contributed by atoms with E-state index in [0.29, 0.717) is 0 Å². The number of hydrogen-bond acceptors (Lipinski definition) is 3. The molecule has 0 heterocycles. The van der Waals surface area contributed by atoms with Crippen molar-refractivity contribution in [2.45, 2.75) is 0 Å². The second-order valence-electron chi connectivity index (χ2n) is 1.74. The zero-order valence-electron chi connectivity index (χ0n) is 6.14. The standard InChI is InChI=1S/C6H15NOS/c1-8-5-3-7-4-6-9-2/h7H,3-6H2,1-2H3. The Balaban J connectivity index is 2.60. The van der Waals surface area contributed by atoms with Crippen LogP contribution in [-0.4, -0.2) is 38.8 Å². The first kappa shape index (κ1) is 9.27. The predicted octanol–water partition coefficient (Wildman–Crippen LogP) is 0.585. The Morgan fingerprint density at radius 1 is 1.44 bits per heavy atom. The maximum absolute atomic E-state index is 4.85. The van der Waals surface area contributed by atoms with Crippen LogP contribution in [0, 0.1) is 0 Å². The van der Waals surface area contributed by atoms with Crippen molar-refractivity contribution in [3.8, 4) is 0 Å². The van der Waals surface area contributed by atoms with Crippen molar-refractivity contribution in [3.05, 3.63) is 0 Å². The lowest BCUT2D eigenvalue weighted by molar-refractivity contribution is 0.200. The molecule has 0 aliphatic rings. The average molecular weight is 149 g/mol. The monoisotopic (exact) mass is 149 g/mol. The SMILES string of the molecule is COCCNCCSC. The van der Waals surface area contributed by atoms with Gasteiger partial charge in [-0.15, -0.1) is 0 Å². The van der Waals surface area contributed by atoms with Gasteiger partial charge in [-0.2, -0.15) is 11.8 Å². The zero-order chi connectivity index (χ0) is 6.95. The van der Waals surface area contributed by atoms with Crippen LogP contribution in [0.5, 0.6) is 0 Å². The van der Waals surface area contributed by atoms with E-state index >= 15 is 0 Å². The Labute approximate surface area is 61.4 Å². The van der Waals surface area contributed by atoms with Gasteiger partial charge in [0, 0.05) is 26.0 Å². The van der Waals surface area contributed by atoms with Crippen molar-refractivity contribution < 1.29 is 4.74 Å². The summed E-state index contributed by atoms with van der Waals surface area (Å²) in [6.45, 7) is 2.87. The minimum Gasteiger partial charge on any atom is -0.383 e. The molecule has 0 radical (unpaired) electrons. The van der Waals surface area contributed by atoms with E-state index in [0.717, 1.165) is 19.7 Å². The van der Waals surface area contributed by atoms with Crippen LogP contribution in [0.2, 0.25) is 0 Å². The summed E-state index contributed by atoms with van der Waals surface area (Å²) in [5.74, 6) is 1.18. The molecule has 0 aromatic heterocycles. The van der Waals surface area contributed by atoms with Gasteiger partial charge in [0.1, 0.15) is 0 Å². The molecule has 0 aliphatic heterocycles. The van der Waals surface area contributed by atoms with Gasteiger partial charge in [-0.25, -0.2) is 0 Å². The van der Waals surface area contributed by atoms with Gasteiger partial charge < -0.3 is 10.1 Å². The maximum Gasteiger partial charge on any atom is 0.0587 e. The van der Waals surface area contributed by atoms with Crippen LogP contribution in [0.15, 0.2) is 0 Å². The molecular weight excluding hydrogens is 134 g/mol. The van der Waals surface area contributed by atoms with Gasteiger partial charge in [-0.3, -0.25) is 0 Å². The van der Waals surface area contributed by atoms with Gasteiger partial charge in [0.15, 0.2) is 0 Å². The Kier molecular flexibility index (Phi) is 8.52. The summed E-state index contributed by atoms with van der Waals surface area (Å²) in [6.07, 6.45) is 2.11. The molecule has 3 heteroatoms. The van der Waals surface area contributed by atoms with Crippen molar-refractivity contribution in [3.63, 3.8) is 0 Å². The molecule has 0 unspecified atom stereocenters. The van der Waals surface area contributed by atoms with Crippen LogP contribution in [0.3, 0.4) is 0 Å². The van der Waals surface area contributed by atoms with Crippen molar-refractivity contribution in [1.29, 1.82) is 0 Å². The summed E-state index contributed by atoms with van der Waals surface area (Å²) in [5.41, 5.74) is 0. The van der Waals surface area contributed by atoms with Gasteiger partial charge in [0.2, 0.25) is 0 Å². The number of thioether (sulfide) groups is 1. The number of hydrogen-bond donors (Lipinski definition) is 1. The van der Waals surface area contributed by atoms with Gasteiger partial charge in [0.25, 0.3) is 0 Å². The van der Waals surface area contributed by atoms with E-state index in [-0.39, 0.29) is 0 Å². The highest BCUT2D eigenvalue weighted by atomic mass is 32.2. The third kappa shape index (κ3) is 8.27. The Bertz CT molecular complexity index is 46.3. The molecule has 0 rings (SSSR count). The highest BCUT2D eigenvalue weighted by Gasteiger charge is 1.83. The first-order valence-electron chi connectivity index (χ1n) is 3.10. The fourth-order valence-electron chi connectivity index (χ4n) is 0.473. The summed E-state index contributed by atoms with van der Waals surface area (Å²) < 4.78 is 4.85. The lowest BCUT2D eigenvalue weighted by Gasteiger charge is -2.00. The first-order chi connectivity index (χ1) is 4.41. The number of nitrogens with one attached hydrogen (secondary N) is 1. The zero-order valence-corrected chi connectivity index (χ0v) is 6.96. The van der Waals surface area contributed by atoms with E-state index in [4.69, 9.17) is 4.74 Å². The molecule has 0 fully saturated rings. The van der Waals surface area contributed by atoms with Gasteiger partial charge >= 0.3 is 0 Å². The number of methoxy groups -OCH3 is 1. The predicted molar refractivity (Wildman–Crippen MR) is 43.1 cm³/mol. The molecule has 1 N–H and O–H groups in total. The topological polar surface area (TPSA) is 21.3 Å². The van der Waals surface area contributed by atoms with E-state index in [1.54, 1.807) is 7.11 Å². The van der Waals surface area contributed by atoms with Crippen molar-refractivity contribution in [2.24, 2.45) is 0 Å². The van der Waals surface area contributed by atoms with E-state index in [2.05, 4.69) is 11.6 Å². The maximum atomic E-state index is 4.85. The molecule has 9 heavy (non-hydrogen) atoms. The quantitative estimate of drug-likeness (QED) is 0.558. The minimum absolute atomic E-state index is 0.814. The summed E-state index contributed by atoms with van der Waals surface area (Å²) in [4.78, 5) is 0. The molecule has 0 aromatic carbocycles. The van der Waals surface area contributed by atoms with E-state index in [9.17, 15) is 0 Å². The van der Waals surface area contributed by atoms with Gasteiger partial charge in [-0.1, -0.05) is 0 Å². The third-order valence-corrected chi connectivity index (χ3v) is 1.58. The normalized spacial score (nSPS) is 10.0. The Hall–Kier alpha value is 0.270. The highest BCUT2D eigenvalue weighted by molar-refractivity contribution is 7.98. The van der Waals surface area contributed by atoms with Crippen LogP contribution in [0.1, 0.15) is 0 Å². The first-order valence-corrected chi connectivity index (χ1v) is 4.49. The van der Waals surface area contributed by atoms with Crippen LogP contribution in [0.4, 0.5) is 0 Å². The molecule has 0 amide bonds. The Morgan fingerprint density at radius 2 is 2.22 bits per heavy atom. The van der Waals surface area contributed by atoms with Crippen LogP contribution in [-0.2, 0) is 4.74 Å². The molecule has 0 spiro atoms. The summed E-state index contributed by atoms with van der Waals surface area (Å²) in [6, 6.07) is 0. The third-order valence-electron chi connectivity index (χ3n) is 0.966. The lowest BCUT2D eigenvalue weighted by atomic mass is 10.6. The summed E-state index contributed by atoms with van der Waals surface area (Å²) in [7, 11) is 1.72. The summed E-state index contributed by atoms with van der Waals surface area (Å²) in [5, 5.41) is 3.24. The molecular formula is C6H15NOS. The van der Waals surface area contributed by atoms with Crippen molar-refractivity contribution in [1.82, 2.24) is 5.32 Å². The van der Waals surface area contributed by atoms with Gasteiger partial charge in [0.05, 0.1) is 6.61 Å². The minimum atomic E-state index is 0.814. The fourth-order valence-corrected chi connectivity index (χ4v) is 0.822. The molecule has 56 valence electrons. The van der Waals surface area contributed by atoms with Crippen molar-refractivity contribution in [2.75, 3.05) is 38.8 Å². The van der Waals surface area contributed by atoms with E-state index in [1.807, 2.05) is 11.8 Å². The van der Waals surface area contributed by atoms with E-state index in [1.165, 1.54) is 5.75 Å². The summed E-state index contributed by atoms with van der Waals surface area (Å²) >= 11 is 1.86. The molecule has 0 atom stereocenters. The van der Waals surface area contributed by atoms with E-state index < -0.39 is 0 Å². The number of ether oxygens (including phenoxy) is 1. The van der Waals surface area contributed by atoms with Crippen LogP contribution >= 0.6 is 11.8 Å². The second kappa shape index (κ2) is 8.27. The largest absolute Gasteiger partial charge is 0.383 e. The molecule has 2 nitrogen and oxygen atoms in total. The molecule has 0 bridgehead atoms. The Morgan fingerprint density at radius 3 is 2.78 bits per heavy atom. The van der Waals surface area contributed by atoms with Crippen LogP contribution < -0.4 is 5.32 Å². The second-order valence-corrected chi connectivity index (χ2v) is 2.72. The number of rotatable bonds is 6. The lowest BCUT2D eigenvalue weighted by Crippen LogP contribution is -2.21.